The highest BCUT2D eigenvalue weighted by Gasteiger charge is 2.09. The number of carbonyl (C=O) groups is 1. The molecule has 2 aromatic rings. The molecule has 1 amide bonds. The smallest absolute Gasteiger partial charge is 0.234 e. The molecule has 6 nitrogen and oxygen atoms in total. The van der Waals surface area contributed by atoms with Gasteiger partial charge in [0.2, 0.25) is 11.1 Å². The summed E-state index contributed by atoms with van der Waals surface area (Å²) in [6.45, 7) is 1.81. The predicted molar refractivity (Wildman–Crippen MR) is 83.3 cm³/mol. The van der Waals surface area contributed by atoms with Crippen LogP contribution in [0.5, 0.6) is 0 Å². The van der Waals surface area contributed by atoms with Crippen molar-refractivity contribution in [2.45, 2.75) is 17.0 Å². The number of nitrogens with zero attached hydrogens (tertiary/aromatic N) is 3. The second-order valence-electron chi connectivity index (χ2n) is 3.98. The molecular weight excluding hydrogens is 306 g/mol. The molecule has 0 aliphatic rings. The average Bonchev–Trinajstić information content (AvgIpc) is 2.90. The lowest BCUT2D eigenvalue weighted by Gasteiger charge is -2.08. The molecule has 0 radical (unpaired) electrons. The van der Waals surface area contributed by atoms with Gasteiger partial charge < -0.3 is 5.32 Å². The third-order valence-electron chi connectivity index (χ3n) is 2.36. The summed E-state index contributed by atoms with van der Waals surface area (Å²) >= 11 is 2.66. The van der Waals surface area contributed by atoms with Crippen LogP contribution in [0, 0.1) is 18.3 Å². The van der Waals surface area contributed by atoms with E-state index in [9.17, 15) is 4.79 Å². The molecule has 21 heavy (non-hydrogen) atoms. The SMILES string of the molecule is Cc1nc(SCC(=O)Nc2ccccc2SCC#N)n[nH]1. The Morgan fingerprint density at radius 3 is 2.95 bits per heavy atom. The molecule has 0 spiro atoms. The quantitative estimate of drug-likeness (QED) is 0.794. The molecule has 0 aliphatic carbocycles. The average molecular weight is 319 g/mol. The van der Waals surface area contributed by atoms with Gasteiger partial charge in [-0.25, -0.2) is 4.98 Å². The van der Waals surface area contributed by atoms with E-state index in [2.05, 4.69) is 26.6 Å². The van der Waals surface area contributed by atoms with Crippen LogP contribution in [0.4, 0.5) is 5.69 Å². The van der Waals surface area contributed by atoms with Crippen molar-refractivity contribution >= 4 is 35.1 Å². The first-order chi connectivity index (χ1) is 10.2. The Morgan fingerprint density at radius 1 is 1.43 bits per heavy atom. The van der Waals surface area contributed by atoms with Crippen LogP contribution in [-0.2, 0) is 4.79 Å². The minimum absolute atomic E-state index is 0.132. The van der Waals surface area contributed by atoms with Gasteiger partial charge in [0.1, 0.15) is 5.82 Å². The lowest BCUT2D eigenvalue weighted by Crippen LogP contribution is -2.14. The molecule has 0 atom stereocenters. The highest BCUT2D eigenvalue weighted by Crippen LogP contribution is 2.26. The lowest BCUT2D eigenvalue weighted by molar-refractivity contribution is -0.113. The van der Waals surface area contributed by atoms with E-state index in [-0.39, 0.29) is 11.7 Å². The Kier molecular flexibility index (Phi) is 5.66. The van der Waals surface area contributed by atoms with Crippen LogP contribution in [0.25, 0.3) is 0 Å². The second-order valence-corrected chi connectivity index (χ2v) is 5.94. The largest absolute Gasteiger partial charge is 0.324 e. The highest BCUT2D eigenvalue weighted by molar-refractivity contribution is 8.00. The maximum absolute atomic E-state index is 11.9. The standard InChI is InChI=1S/C13H13N5OS2/c1-9-15-13(18-17-9)21-8-12(19)16-10-4-2-3-5-11(10)20-7-6-14/h2-5H,7-8H2,1H3,(H,16,19)(H,15,17,18). The predicted octanol–water partition coefficient (Wildman–Crippen LogP) is 2.46. The molecule has 0 saturated carbocycles. The van der Waals surface area contributed by atoms with Gasteiger partial charge in [0.05, 0.1) is 23.3 Å². The van der Waals surface area contributed by atoms with Gasteiger partial charge in [0, 0.05) is 4.90 Å². The number of nitriles is 1. The summed E-state index contributed by atoms with van der Waals surface area (Å²) in [7, 11) is 0. The van der Waals surface area contributed by atoms with Gasteiger partial charge in [-0.1, -0.05) is 23.9 Å². The number of para-hydroxylation sites is 1. The van der Waals surface area contributed by atoms with E-state index in [4.69, 9.17) is 5.26 Å². The van der Waals surface area contributed by atoms with Crippen LogP contribution >= 0.6 is 23.5 Å². The molecule has 2 rings (SSSR count). The van der Waals surface area contributed by atoms with Crippen LogP contribution in [0.2, 0.25) is 0 Å². The van der Waals surface area contributed by atoms with Gasteiger partial charge >= 0.3 is 0 Å². The minimum atomic E-state index is -0.132. The summed E-state index contributed by atoms with van der Waals surface area (Å²) in [4.78, 5) is 17.0. The maximum Gasteiger partial charge on any atom is 0.234 e. The number of rotatable bonds is 6. The monoisotopic (exact) mass is 319 g/mol. The van der Waals surface area contributed by atoms with Crippen molar-refractivity contribution in [2.24, 2.45) is 0 Å². The number of aromatic nitrogens is 3. The number of benzene rings is 1. The van der Waals surface area contributed by atoms with Crippen molar-refractivity contribution in [3.8, 4) is 6.07 Å². The molecule has 2 N–H and O–H groups in total. The molecule has 0 unspecified atom stereocenters. The van der Waals surface area contributed by atoms with Gasteiger partial charge in [-0.15, -0.1) is 16.9 Å². The molecule has 1 aromatic heterocycles. The minimum Gasteiger partial charge on any atom is -0.324 e. The Balaban J connectivity index is 1.91. The third-order valence-corrected chi connectivity index (χ3v) is 4.15. The zero-order valence-corrected chi connectivity index (χ0v) is 12.9. The number of nitrogens with one attached hydrogen (secondary N) is 2. The summed E-state index contributed by atoms with van der Waals surface area (Å²) < 4.78 is 0. The zero-order valence-electron chi connectivity index (χ0n) is 11.3. The number of hydrogen-bond acceptors (Lipinski definition) is 6. The van der Waals surface area contributed by atoms with Crippen molar-refractivity contribution in [3.05, 3.63) is 30.1 Å². The Labute approximate surface area is 130 Å². The first-order valence-corrected chi connectivity index (χ1v) is 8.06. The number of aryl methyl sites for hydroxylation is 1. The van der Waals surface area contributed by atoms with Crippen LogP contribution < -0.4 is 5.32 Å². The number of hydrogen-bond donors (Lipinski definition) is 2. The summed E-state index contributed by atoms with van der Waals surface area (Å²) in [6.07, 6.45) is 0. The summed E-state index contributed by atoms with van der Waals surface area (Å²) in [5.41, 5.74) is 0.717. The topological polar surface area (TPSA) is 94.5 Å². The molecule has 8 heteroatoms. The molecule has 0 saturated heterocycles. The van der Waals surface area contributed by atoms with E-state index in [1.165, 1.54) is 23.5 Å². The normalized spacial score (nSPS) is 10.1. The number of H-pyrrole nitrogens is 1. The number of anilines is 1. The van der Waals surface area contributed by atoms with E-state index in [1.807, 2.05) is 24.3 Å². The van der Waals surface area contributed by atoms with Crippen molar-refractivity contribution < 1.29 is 4.79 Å². The summed E-state index contributed by atoms with van der Waals surface area (Å²) in [5.74, 6) is 1.16. The third kappa shape index (κ3) is 4.81. The van der Waals surface area contributed by atoms with E-state index in [1.54, 1.807) is 6.92 Å². The maximum atomic E-state index is 11.9. The fourth-order valence-electron chi connectivity index (χ4n) is 1.51. The number of aromatic amines is 1. The molecule has 0 bridgehead atoms. The van der Waals surface area contributed by atoms with E-state index in [0.29, 0.717) is 10.9 Å². The fraction of sp³-hybridized carbons (Fsp3) is 0.231. The van der Waals surface area contributed by atoms with Crippen molar-refractivity contribution in [2.75, 3.05) is 16.8 Å². The molecule has 0 fully saturated rings. The summed E-state index contributed by atoms with van der Waals surface area (Å²) in [5, 5.41) is 18.7. The van der Waals surface area contributed by atoms with Crippen LogP contribution in [0.3, 0.4) is 0 Å². The van der Waals surface area contributed by atoms with Crippen molar-refractivity contribution in [3.63, 3.8) is 0 Å². The lowest BCUT2D eigenvalue weighted by atomic mass is 10.3. The van der Waals surface area contributed by atoms with Gasteiger partial charge in [0.15, 0.2) is 0 Å². The molecule has 1 aromatic carbocycles. The number of amides is 1. The summed E-state index contributed by atoms with van der Waals surface area (Å²) in [6, 6.07) is 9.49. The van der Waals surface area contributed by atoms with Crippen LogP contribution in [0.1, 0.15) is 5.82 Å². The van der Waals surface area contributed by atoms with Crippen molar-refractivity contribution in [1.82, 2.24) is 15.2 Å². The van der Waals surface area contributed by atoms with Gasteiger partial charge in [-0.05, 0) is 19.1 Å². The zero-order chi connectivity index (χ0) is 15.1. The van der Waals surface area contributed by atoms with E-state index < -0.39 is 0 Å². The molecular formula is C13H13N5OS2. The first-order valence-electron chi connectivity index (χ1n) is 6.09. The second kappa shape index (κ2) is 7.71. The molecule has 0 aliphatic heterocycles. The Hall–Kier alpha value is -1.98. The van der Waals surface area contributed by atoms with Crippen molar-refractivity contribution in [1.29, 1.82) is 5.26 Å². The number of thioether (sulfide) groups is 2. The first kappa shape index (κ1) is 15.4. The van der Waals surface area contributed by atoms with E-state index >= 15 is 0 Å². The Morgan fingerprint density at radius 2 is 2.24 bits per heavy atom. The molecule has 1 heterocycles. The van der Waals surface area contributed by atoms with Gasteiger partial charge in [-0.3, -0.25) is 9.89 Å². The van der Waals surface area contributed by atoms with Gasteiger partial charge in [-0.2, -0.15) is 5.26 Å². The van der Waals surface area contributed by atoms with Gasteiger partial charge in [0.25, 0.3) is 0 Å². The highest BCUT2D eigenvalue weighted by atomic mass is 32.2. The van der Waals surface area contributed by atoms with E-state index in [0.717, 1.165) is 16.4 Å². The molecule has 108 valence electrons. The fourth-order valence-corrected chi connectivity index (χ4v) is 2.82. The number of carbonyl (C=O) groups excluding carboxylic acids is 1. The van der Waals surface area contributed by atoms with Crippen LogP contribution in [-0.4, -0.2) is 32.6 Å². The Bertz CT molecular complexity index is 665. The van der Waals surface area contributed by atoms with Crippen LogP contribution in [0.15, 0.2) is 34.3 Å².